The second kappa shape index (κ2) is 18.4. The summed E-state index contributed by atoms with van der Waals surface area (Å²) in [7, 11) is 0. The summed E-state index contributed by atoms with van der Waals surface area (Å²) in [4.78, 5) is 46.4. The van der Waals surface area contributed by atoms with Crippen molar-refractivity contribution >= 4 is 41.5 Å². The highest BCUT2D eigenvalue weighted by molar-refractivity contribution is 7.13. The van der Waals surface area contributed by atoms with E-state index in [-0.39, 0.29) is 51.0 Å². The molecule has 3 atom stereocenters. The standard InChI is InChI=1S/C30H45N5O7S.ClH/c1-20-26(43-19-33-20)22-7-5-21(6-8-22)16-32-28(38)24-15-23(36)17-35(24)29(39)27(30(2,3)4)34-25(37)18-42-14-13-41-12-11-40-10-9-31;/h5-8,19,23-24,27,36H,9-18,31H2,1-4H3,(H,32,38)(H,34,37);1H/t23-,24+,27?;/m0./s1. The summed E-state index contributed by atoms with van der Waals surface area (Å²) in [5, 5.41) is 16.1. The number of halogens is 1. The number of likely N-dealkylation sites (tertiary alicyclic amines) is 1. The first-order valence-corrected chi connectivity index (χ1v) is 15.4. The Labute approximate surface area is 269 Å². The average Bonchev–Trinajstić information content (AvgIpc) is 3.58. The van der Waals surface area contributed by atoms with Gasteiger partial charge in [-0.3, -0.25) is 14.4 Å². The predicted octanol–water partition coefficient (Wildman–Crippen LogP) is 1.66. The van der Waals surface area contributed by atoms with Crippen LogP contribution >= 0.6 is 23.7 Å². The molecule has 2 aromatic rings. The minimum atomic E-state index is -0.928. The first-order valence-electron chi connectivity index (χ1n) is 14.5. The second-order valence-electron chi connectivity index (χ2n) is 11.5. The quantitative estimate of drug-likeness (QED) is 0.197. The Morgan fingerprint density at radius 1 is 1.09 bits per heavy atom. The lowest BCUT2D eigenvalue weighted by Crippen LogP contribution is -2.58. The van der Waals surface area contributed by atoms with Gasteiger partial charge in [0.1, 0.15) is 18.7 Å². The van der Waals surface area contributed by atoms with E-state index >= 15 is 0 Å². The molecule has 0 radical (unpaired) electrons. The highest BCUT2D eigenvalue weighted by Crippen LogP contribution is 2.28. The van der Waals surface area contributed by atoms with Gasteiger partial charge in [-0.05, 0) is 23.5 Å². The van der Waals surface area contributed by atoms with Crippen molar-refractivity contribution in [3.05, 3.63) is 41.0 Å². The Balaban J connectivity index is 0.00000675. The number of nitrogens with zero attached hydrogens (tertiary/aromatic N) is 2. The zero-order chi connectivity index (χ0) is 31.4. The number of aliphatic hydroxyl groups is 1. The maximum Gasteiger partial charge on any atom is 0.246 e. The Bertz CT molecular complexity index is 1190. The molecule has 0 aliphatic carbocycles. The van der Waals surface area contributed by atoms with Crippen LogP contribution in [0.4, 0.5) is 0 Å². The number of aromatic nitrogens is 1. The van der Waals surface area contributed by atoms with Gasteiger partial charge in [0.05, 0.1) is 55.2 Å². The summed E-state index contributed by atoms with van der Waals surface area (Å²) in [5.74, 6) is -1.25. The summed E-state index contributed by atoms with van der Waals surface area (Å²) in [5.41, 5.74) is 9.44. The van der Waals surface area contributed by atoms with E-state index in [9.17, 15) is 19.5 Å². The van der Waals surface area contributed by atoms with Crippen LogP contribution in [0.2, 0.25) is 0 Å². The maximum atomic E-state index is 13.7. The highest BCUT2D eigenvalue weighted by atomic mass is 35.5. The lowest BCUT2D eigenvalue weighted by atomic mass is 9.85. The Morgan fingerprint density at radius 2 is 1.73 bits per heavy atom. The molecule has 3 rings (SSSR count). The third kappa shape index (κ3) is 11.4. The normalized spacial score (nSPS) is 17.2. The minimum absolute atomic E-state index is 0. The van der Waals surface area contributed by atoms with Crippen LogP contribution in [0.25, 0.3) is 10.4 Å². The smallest absolute Gasteiger partial charge is 0.246 e. The van der Waals surface area contributed by atoms with E-state index in [1.807, 2.05) is 57.5 Å². The van der Waals surface area contributed by atoms with Gasteiger partial charge in [0, 0.05) is 26.1 Å². The van der Waals surface area contributed by atoms with Crippen LogP contribution in [0.1, 0.15) is 38.4 Å². The molecule has 246 valence electrons. The Kier molecular flexibility index (Phi) is 15.7. The number of hydrogen-bond donors (Lipinski definition) is 4. The highest BCUT2D eigenvalue weighted by Gasteiger charge is 2.44. The van der Waals surface area contributed by atoms with Crippen LogP contribution in [0.5, 0.6) is 0 Å². The van der Waals surface area contributed by atoms with Crippen molar-refractivity contribution in [2.75, 3.05) is 52.7 Å². The number of rotatable bonds is 16. The van der Waals surface area contributed by atoms with E-state index in [0.717, 1.165) is 21.7 Å². The van der Waals surface area contributed by atoms with Crippen LogP contribution in [-0.4, -0.2) is 104 Å². The fourth-order valence-corrected chi connectivity index (χ4v) is 5.48. The van der Waals surface area contributed by atoms with Gasteiger partial charge in [-0.15, -0.1) is 23.7 Å². The molecule has 44 heavy (non-hydrogen) atoms. The van der Waals surface area contributed by atoms with Gasteiger partial charge >= 0.3 is 0 Å². The van der Waals surface area contributed by atoms with E-state index < -0.39 is 35.4 Å². The van der Waals surface area contributed by atoms with Crippen LogP contribution in [0.15, 0.2) is 29.8 Å². The molecule has 0 saturated carbocycles. The molecular formula is C30H46ClN5O7S. The summed E-state index contributed by atoms with van der Waals surface area (Å²) in [6.45, 7) is 9.72. The topological polar surface area (TPSA) is 165 Å². The maximum absolute atomic E-state index is 13.7. The van der Waals surface area contributed by atoms with Crippen molar-refractivity contribution in [2.24, 2.45) is 11.1 Å². The fraction of sp³-hybridized carbons (Fsp3) is 0.600. The zero-order valence-corrected chi connectivity index (χ0v) is 27.5. The Hall–Kier alpha value is -2.65. The number of amides is 3. The van der Waals surface area contributed by atoms with Gasteiger partial charge in [-0.2, -0.15) is 0 Å². The van der Waals surface area contributed by atoms with E-state index in [0.29, 0.717) is 33.0 Å². The summed E-state index contributed by atoms with van der Waals surface area (Å²) >= 11 is 1.58. The van der Waals surface area contributed by atoms with Crippen molar-refractivity contribution in [1.29, 1.82) is 0 Å². The van der Waals surface area contributed by atoms with E-state index in [1.165, 1.54) is 4.90 Å². The van der Waals surface area contributed by atoms with E-state index in [1.54, 1.807) is 11.3 Å². The average molecular weight is 656 g/mol. The minimum Gasteiger partial charge on any atom is -0.391 e. The zero-order valence-electron chi connectivity index (χ0n) is 25.9. The number of aryl methyl sites for hydroxylation is 1. The molecule has 3 amide bonds. The lowest BCUT2D eigenvalue weighted by Gasteiger charge is -2.35. The van der Waals surface area contributed by atoms with Crippen molar-refractivity contribution in [3.8, 4) is 10.4 Å². The van der Waals surface area contributed by atoms with Gasteiger partial charge in [-0.25, -0.2) is 4.98 Å². The summed E-state index contributed by atoms with van der Waals surface area (Å²) in [6.07, 6.45) is -0.728. The van der Waals surface area contributed by atoms with Crippen LogP contribution < -0.4 is 16.4 Å². The number of hydrogen-bond acceptors (Lipinski definition) is 10. The van der Waals surface area contributed by atoms with Crippen molar-refractivity contribution in [2.45, 2.75) is 58.8 Å². The van der Waals surface area contributed by atoms with Crippen molar-refractivity contribution in [1.82, 2.24) is 20.5 Å². The van der Waals surface area contributed by atoms with Crippen LogP contribution in [0, 0.1) is 12.3 Å². The number of β-amino-alcohol motifs (C(OH)–C–C–N with tert-alkyl or cyclic N) is 1. The number of aliphatic hydroxyl groups excluding tert-OH is 1. The molecule has 2 heterocycles. The summed E-state index contributed by atoms with van der Waals surface area (Å²) < 4.78 is 16.0. The third-order valence-corrected chi connectivity index (χ3v) is 7.93. The van der Waals surface area contributed by atoms with Gasteiger partial charge < -0.3 is 40.6 Å². The number of benzene rings is 1. The first kappa shape index (κ1) is 37.5. The molecule has 14 heteroatoms. The number of carbonyl (C=O) groups is 3. The molecule has 1 fully saturated rings. The number of nitrogens with one attached hydrogen (secondary N) is 2. The van der Waals surface area contributed by atoms with Crippen molar-refractivity contribution in [3.63, 3.8) is 0 Å². The molecule has 1 aliphatic heterocycles. The molecular weight excluding hydrogens is 610 g/mol. The number of thiazole rings is 1. The SMILES string of the molecule is Cc1ncsc1-c1ccc(CNC(=O)[C@H]2C[C@H](O)CN2C(=O)C(NC(=O)COCCOCCOCCN)C(C)(C)C)cc1.Cl. The molecule has 0 bridgehead atoms. The van der Waals surface area contributed by atoms with E-state index in [2.05, 4.69) is 15.6 Å². The largest absolute Gasteiger partial charge is 0.391 e. The number of carbonyl (C=O) groups excluding carboxylic acids is 3. The first-order chi connectivity index (χ1) is 20.5. The van der Waals surface area contributed by atoms with Gasteiger partial charge in [0.15, 0.2) is 0 Å². The van der Waals surface area contributed by atoms with E-state index in [4.69, 9.17) is 19.9 Å². The molecule has 1 aromatic heterocycles. The van der Waals surface area contributed by atoms with Gasteiger partial charge in [0.25, 0.3) is 0 Å². The molecule has 1 saturated heterocycles. The van der Waals surface area contributed by atoms with Gasteiger partial charge in [0.2, 0.25) is 17.7 Å². The molecule has 0 spiro atoms. The van der Waals surface area contributed by atoms with Crippen molar-refractivity contribution < 1.29 is 33.7 Å². The summed E-state index contributed by atoms with van der Waals surface area (Å²) in [6, 6.07) is 6.08. The Morgan fingerprint density at radius 3 is 2.32 bits per heavy atom. The van der Waals surface area contributed by atoms with Crippen LogP contribution in [-0.2, 0) is 35.1 Å². The fourth-order valence-electron chi connectivity index (χ4n) is 4.67. The number of ether oxygens (including phenoxy) is 3. The third-order valence-electron chi connectivity index (χ3n) is 6.95. The molecule has 1 aromatic carbocycles. The monoisotopic (exact) mass is 655 g/mol. The molecule has 1 aliphatic rings. The van der Waals surface area contributed by atoms with Gasteiger partial charge in [-0.1, -0.05) is 45.0 Å². The molecule has 1 unspecified atom stereocenters. The molecule has 5 N–H and O–H groups in total. The predicted molar refractivity (Wildman–Crippen MR) is 170 cm³/mol. The second-order valence-corrected chi connectivity index (χ2v) is 12.4. The number of nitrogens with two attached hydrogens (primary N) is 1. The lowest BCUT2D eigenvalue weighted by molar-refractivity contribution is -0.144. The van der Waals surface area contributed by atoms with Crippen LogP contribution in [0.3, 0.4) is 0 Å². The molecule has 12 nitrogen and oxygen atoms in total.